The maximum atomic E-state index is 13.1. The molecule has 0 aromatic heterocycles. The first-order valence-electron chi connectivity index (χ1n) is 8.83. The van der Waals surface area contributed by atoms with Gasteiger partial charge < -0.3 is 20.0 Å². The molecule has 1 atom stereocenters. The lowest BCUT2D eigenvalue weighted by molar-refractivity contribution is -0.134. The fourth-order valence-electron chi connectivity index (χ4n) is 3.47. The van der Waals surface area contributed by atoms with Gasteiger partial charge in [0.1, 0.15) is 11.9 Å². The number of nitrogens with zero attached hydrogens (tertiary/aromatic N) is 3. The Bertz CT molecular complexity index is 622. The smallest absolute Gasteiger partial charge is 0.241 e. The van der Waals surface area contributed by atoms with Gasteiger partial charge in [0.25, 0.3) is 0 Å². The minimum Gasteiger partial charge on any atom is -0.368 e. The second-order valence-corrected chi connectivity index (χ2v) is 6.61. The summed E-state index contributed by atoms with van der Waals surface area (Å²) in [6.45, 7) is 6.19. The van der Waals surface area contributed by atoms with E-state index in [1.165, 1.54) is 12.1 Å². The zero-order valence-corrected chi connectivity index (χ0v) is 14.6. The molecule has 136 valence electrons. The second kappa shape index (κ2) is 7.82. The molecule has 2 amide bonds. The third-order valence-electron chi connectivity index (χ3n) is 4.92. The molecule has 1 aromatic carbocycles. The molecule has 2 saturated heterocycles. The Morgan fingerprint density at radius 1 is 1.04 bits per heavy atom. The zero-order chi connectivity index (χ0) is 17.8. The van der Waals surface area contributed by atoms with Crippen molar-refractivity contribution < 1.29 is 14.0 Å². The van der Waals surface area contributed by atoms with Crippen molar-refractivity contribution in [2.75, 3.05) is 50.7 Å². The van der Waals surface area contributed by atoms with Gasteiger partial charge in [0.15, 0.2) is 0 Å². The maximum Gasteiger partial charge on any atom is 0.241 e. The molecule has 3 rings (SSSR count). The van der Waals surface area contributed by atoms with Crippen molar-refractivity contribution in [2.45, 2.75) is 19.4 Å². The van der Waals surface area contributed by atoms with Gasteiger partial charge in [-0.1, -0.05) is 0 Å². The first-order valence-corrected chi connectivity index (χ1v) is 8.83. The summed E-state index contributed by atoms with van der Waals surface area (Å²) in [6.07, 6.45) is 0.805. The summed E-state index contributed by atoms with van der Waals surface area (Å²) in [5, 5.41) is 3.29. The summed E-state index contributed by atoms with van der Waals surface area (Å²) in [5.74, 6) is -0.115. The van der Waals surface area contributed by atoms with Crippen molar-refractivity contribution in [3.63, 3.8) is 0 Å². The number of piperazine rings is 1. The van der Waals surface area contributed by atoms with Gasteiger partial charge in [0.2, 0.25) is 11.8 Å². The van der Waals surface area contributed by atoms with Crippen molar-refractivity contribution in [3.05, 3.63) is 30.1 Å². The molecule has 1 N–H and O–H groups in total. The van der Waals surface area contributed by atoms with Crippen LogP contribution >= 0.6 is 0 Å². The number of anilines is 1. The first kappa shape index (κ1) is 17.7. The molecule has 0 radical (unpaired) electrons. The van der Waals surface area contributed by atoms with Gasteiger partial charge in [0, 0.05) is 58.4 Å². The normalized spacial score (nSPS) is 21.8. The van der Waals surface area contributed by atoms with E-state index in [1.54, 1.807) is 24.0 Å². The highest BCUT2D eigenvalue weighted by molar-refractivity contribution is 5.83. The van der Waals surface area contributed by atoms with Crippen molar-refractivity contribution in [1.29, 1.82) is 0 Å². The van der Waals surface area contributed by atoms with Crippen LogP contribution in [0.2, 0.25) is 0 Å². The van der Waals surface area contributed by atoms with Gasteiger partial charge in [-0.3, -0.25) is 9.59 Å². The third-order valence-corrected chi connectivity index (χ3v) is 4.92. The monoisotopic (exact) mass is 348 g/mol. The quantitative estimate of drug-likeness (QED) is 0.854. The molecule has 6 nitrogen and oxygen atoms in total. The lowest BCUT2D eigenvalue weighted by Gasteiger charge is -2.36. The Morgan fingerprint density at radius 2 is 1.72 bits per heavy atom. The van der Waals surface area contributed by atoms with Crippen LogP contribution in [0.1, 0.15) is 13.3 Å². The summed E-state index contributed by atoms with van der Waals surface area (Å²) >= 11 is 0. The van der Waals surface area contributed by atoms with E-state index in [0.717, 1.165) is 18.7 Å². The molecule has 0 aliphatic carbocycles. The van der Waals surface area contributed by atoms with E-state index in [-0.39, 0.29) is 23.7 Å². The molecular weight excluding hydrogens is 323 g/mol. The fraction of sp³-hybridized carbons (Fsp3) is 0.556. The van der Waals surface area contributed by atoms with Crippen LogP contribution in [0.3, 0.4) is 0 Å². The van der Waals surface area contributed by atoms with E-state index < -0.39 is 0 Å². The number of halogens is 1. The van der Waals surface area contributed by atoms with Crippen molar-refractivity contribution in [2.24, 2.45) is 0 Å². The first-order chi connectivity index (χ1) is 12.0. The Labute approximate surface area is 147 Å². The summed E-state index contributed by atoms with van der Waals surface area (Å²) < 4.78 is 13.1. The highest BCUT2D eigenvalue weighted by Gasteiger charge is 2.30. The van der Waals surface area contributed by atoms with Crippen molar-refractivity contribution in [1.82, 2.24) is 15.1 Å². The summed E-state index contributed by atoms with van der Waals surface area (Å²) in [7, 11) is 0. The Morgan fingerprint density at radius 3 is 2.44 bits per heavy atom. The van der Waals surface area contributed by atoms with Gasteiger partial charge in [0.05, 0.1) is 0 Å². The maximum absolute atomic E-state index is 13.1. The number of nitrogens with one attached hydrogen (secondary N) is 1. The van der Waals surface area contributed by atoms with Crippen LogP contribution in [0.15, 0.2) is 24.3 Å². The summed E-state index contributed by atoms with van der Waals surface area (Å²) in [5.41, 5.74) is 0.930. The van der Waals surface area contributed by atoms with Crippen LogP contribution in [0.5, 0.6) is 0 Å². The second-order valence-electron chi connectivity index (χ2n) is 6.61. The van der Waals surface area contributed by atoms with E-state index in [4.69, 9.17) is 0 Å². The zero-order valence-electron chi connectivity index (χ0n) is 14.6. The fourth-order valence-corrected chi connectivity index (χ4v) is 3.47. The molecular formula is C18H25FN4O2. The molecule has 0 unspecified atom stereocenters. The Balaban J connectivity index is 1.61. The molecule has 2 aliphatic heterocycles. The lowest BCUT2D eigenvalue weighted by atomic mass is 10.1. The van der Waals surface area contributed by atoms with E-state index >= 15 is 0 Å². The number of carbonyl (C=O) groups is 2. The number of amides is 2. The molecule has 2 aliphatic rings. The summed E-state index contributed by atoms with van der Waals surface area (Å²) in [6, 6.07) is 6.11. The van der Waals surface area contributed by atoms with E-state index in [0.29, 0.717) is 39.3 Å². The molecule has 0 spiro atoms. The van der Waals surface area contributed by atoms with Gasteiger partial charge in [-0.05, 0) is 30.7 Å². The van der Waals surface area contributed by atoms with Gasteiger partial charge in [-0.15, -0.1) is 0 Å². The van der Waals surface area contributed by atoms with E-state index in [2.05, 4.69) is 10.2 Å². The SMILES string of the molecule is CC(=O)N1CCCN(C(=O)[C@@H]2CN(c3ccc(F)cc3)CCN2)CC1. The number of hydrogen-bond donors (Lipinski definition) is 1. The Hall–Kier alpha value is -2.15. The predicted octanol–water partition coefficient (Wildman–Crippen LogP) is 0.685. The van der Waals surface area contributed by atoms with Gasteiger partial charge in [-0.25, -0.2) is 4.39 Å². The summed E-state index contributed by atoms with van der Waals surface area (Å²) in [4.78, 5) is 30.2. The lowest BCUT2D eigenvalue weighted by Crippen LogP contribution is -2.58. The van der Waals surface area contributed by atoms with Crippen LogP contribution in [-0.4, -0.2) is 73.5 Å². The molecule has 0 saturated carbocycles. The van der Waals surface area contributed by atoms with Crippen LogP contribution in [0.25, 0.3) is 0 Å². The molecule has 2 heterocycles. The van der Waals surface area contributed by atoms with E-state index in [9.17, 15) is 14.0 Å². The highest BCUT2D eigenvalue weighted by atomic mass is 19.1. The predicted molar refractivity (Wildman–Crippen MR) is 93.9 cm³/mol. The largest absolute Gasteiger partial charge is 0.368 e. The molecule has 1 aromatic rings. The third kappa shape index (κ3) is 4.28. The molecule has 0 bridgehead atoms. The van der Waals surface area contributed by atoms with Gasteiger partial charge in [-0.2, -0.15) is 0 Å². The van der Waals surface area contributed by atoms with Gasteiger partial charge >= 0.3 is 0 Å². The van der Waals surface area contributed by atoms with Crippen LogP contribution in [-0.2, 0) is 9.59 Å². The minimum absolute atomic E-state index is 0.0626. The average molecular weight is 348 g/mol. The van der Waals surface area contributed by atoms with Crippen LogP contribution in [0, 0.1) is 5.82 Å². The number of rotatable bonds is 2. The van der Waals surface area contributed by atoms with Crippen LogP contribution < -0.4 is 10.2 Å². The highest BCUT2D eigenvalue weighted by Crippen LogP contribution is 2.17. The van der Waals surface area contributed by atoms with E-state index in [1.807, 2.05) is 4.90 Å². The molecule has 7 heteroatoms. The van der Waals surface area contributed by atoms with Crippen molar-refractivity contribution in [3.8, 4) is 0 Å². The minimum atomic E-state index is -0.275. The number of hydrogen-bond acceptors (Lipinski definition) is 4. The molecule has 2 fully saturated rings. The average Bonchev–Trinajstić information content (AvgIpc) is 2.88. The number of benzene rings is 1. The standard InChI is InChI=1S/C18H25FN4O2/c1-14(24)21-8-2-9-22(12-11-21)18(25)17-13-23(10-7-20-17)16-5-3-15(19)4-6-16/h3-6,17,20H,2,7-13H2,1H3/t17-/m0/s1. The topological polar surface area (TPSA) is 55.9 Å². The molecule has 25 heavy (non-hydrogen) atoms. The Kier molecular flexibility index (Phi) is 5.53. The van der Waals surface area contributed by atoms with Crippen molar-refractivity contribution >= 4 is 17.5 Å². The van der Waals surface area contributed by atoms with Crippen LogP contribution in [0.4, 0.5) is 10.1 Å². The number of carbonyl (C=O) groups excluding carboxylic acids is 2.